The zero-order chi connectivity index (χ0) is 13.1. The summed E-state index contributed by atoms with van der Waals surface area (Å²) in [7, 11) is 0. The Bertz CT molecular complexity index is 568. The standard InChI is InChI=1S/C13H20N4S/c1-4-16(5-2)9-10(3)17-12-6-7-14-8-11(12)15-13(17)18/h6-8,10H,4-5,9H2,1-3H3,(H,15,18). The summed E-state index contributed by atoms with van der Waals surface area (Å²) in [4.78, 5) is 9.74. The lowest BCUT2D eigenvalue weighted by atomic mass is 10.3. The summed E-state index contributed by atoms with van der Waals surface area (Å²) >= 11 is 5.42. The maximum atomic E-state index is 5.42. The molecule has 0 aliphatic rings. The molecule has 0 aliphatic carbocycles. The van der Waals surface area contributed by atoms with E-state index in [4.69, 9.17) is 12.2 Å². The summed E-state index contributed by atoms with van der Waals surface area (Å²) in [5.41, 5.74) is 2.14. The summed E-state index contributed by atoms with van der Waals surface area (Å²) in [6, 6.07) is 2.37. The van der Waals surface area contributed by atoms with Crippen LogP contribution in [0.25, 0.3) is 11.0 Å². The Morgan fingerprint density at radius 3 is 2.83 bits per heavy atom. The van der Waals surface area contributed by atoms with Gasteiger partial charge in [0.05, 0.1) is 17.2 Å². The third-order valence-corrected chi connectivity index (χ3v) is 3.67. The highest BCUT2D eigenvalue weighted by atomic mass is 32.1. The van der Waals surface area contributed by atoms with Gasteiger partial charge in [0.2, 0.25) is 0 Å². The molecule has 18 heavy (non-hydrogen) atoms. The van der Waals surface area contributed by atoms with E-state index in [1.165, 1.54) is 0 Å². The summed E-state index contributed by atoms with van der Waals surface area (Å²) in [6.45, 7) is 9.73. The molecule has 0 saturated heterocycles. The van der Waals surface area contributed by atoms with Crippen LogP contribution in [-0.2, 0) is 0 Å². The molecule has 98 valence electrons. The lowest BCUT2D eigenvalue weighted by Crippen LogP contribution is -2.29. The number of imidazole rings is 1. The van der Waals surface area contributed by atoms with Crippen molar-refractivity contribution in [3.63, 3.8) is 0 Å². The molecular formula is C13H20N4S. The zero-order valence-electron chi connectivity index (χ0n) is 11.2. The quantitative estimate of drug-likeness (QED) is 0.843. The van der Waals surface area contributed by atoms with E-state index in [1.54, 1.807) is 0 Å². The molecule has 0 aliphatic heterocycles. The molecule has 4 nitrogen and oxygen atoms in total. The van der Waals surface area contributed by atoms with E-state index in [1.807, 2.05) is 18.5 Å². The van der Waals surface area contributed by atoms with Gasteiger partial charge in [-0.1, -0.05) is 13.8 Å². The Hall–Kier alpha value is -1.20. The first kappa shape index (κ1) is 13.2. The molecule has 0 spiro atoms. The number of pyridine rings is 1. The van der Waals surface area contributed by atoms with Crippen molar-refractivity contribution in [3.8, 4) is 0 Å². The van der Waals surface area contributed by atoms with Crippen molar-refractivity contribution in [2.75, 3.05) is 19.6 Å². The molecule has 2 heterocycles. The van der Waals surface area contributed by atoms with E-state index in [2.05, 4.69) is 40.2 Å². The van der Waals surface area contributed by atoms with Crippen LogP contribution in [0.5, 0.6) is 0 Å². The van der Waals surface area contributed by atoms with Gasteiger partial charge >= 0.3 is 0 Å². The van der Waals surface area contributed by atoms with Crippen LogP contribution >= 0.6 is 12.2 Å². The van der Waals surface area contributed by atoms with E-state index >= 15 is 0 Å². The molecule has 0 saturated carbocycles. The van der Waals surface area contributed by atoms with Crippen LogP contribution in [0.4, 0.5) is 0 Å². The highest BCUT2D eigenvalue weighted by Gasteiger charge is 2.13. The molecule has 0 aromatic carbocycles. The summed E-state index contributed by atoms with van der Waals surface area (Å²) in [5.74, 6) is 0. The highest BCUT2D eigenvalue weighted by molar-refractivity contribution is 7.71. The van der Waals surface area contributed by atoms with Gasteiger partial charge < -0.3 is 14.5 Å². The number of hydrogen-bond acceptors (Lipinski definition) is 3. The molecule has 2 aromatic rings. The van der Waals surface area contributed by atoms with Crippen molar-refractivity contribution in [2.24, 2.45) is 0 Å². The van der Waals surface area contributed by atoms with Crippen molar-refractivity contribution >= 4 is 23.3 Å². The Morgan fingerprint density at radius 1 is 1.44 bits per heavy atom. The SMILES string of the molecule is CCN(CC)CC(C)n1c(=S)[nH]c2cnccc21. The second-order valence-corrected chi connectivity index (χ2v) is 4.91. The van der Waals surface area contributed by atoms with Crippen LogP contribution in [0.15, 0.2) is 18.5 Å². The number of nitrogens with zero attached hydrogens (tertiary/aromatic N) is 3. The van der Waals surface area contributed by atoms with Gasteiger partial charge in [0.15, 0.2) is 4.77 Å². The minimum atomic E-state index is 0.355. The minimum Gasteiger partial charge on any atom is -0.329 e. The number of nitrogens with one attached hydrogen (secondary N) is 1. The van der Waals surface area contributed by atoms with Gasteiger partial charge in [0.25, 0.3) is 0 Å². The molecule has 1 unspecified atom stereocenters. The monoisotopic (exact) mass is 264 g/mol. The van der Waals surface area contributed by atoms with E-state index < -0.39 is 0 Å². The van der Waals surface area contributed by atoms with E-state index in [0.717, 1.165) is 35.4 Å². The van der Waals surface area contributed by atoms with Gasteiger partial charge in [-0.3, -0.25) is 4.98 Å². The first-order chi connectivity index (χ1) is 8.67. The first-order valence-corrected chi connectivity index (χ1v) is 6.84. The smallest absolute Gasteiger partial charge is 0.178 e. The number of H-pyrrole nitrogens is 1. The second kappa shape index (κ2) is 5.63. The molecular weight excluding hydrogens is 244 g/mol. The highest BCUT2D eigenvalue weighted by Crippen LogP contribution is 2.18. The minimum absolute atomic E-state index is 0.355. The van der Waals surface area contributed by atoms with Gasteiger partial charge in [0, 0.05) is 18.8 Å². The topological polar surface area (TPSA) is 36.9 Å². The fraction of sp³-hybridized carbons (Fsp3) is 0.538. The van der Waals surface area contributed by atoms with E-state index in [9.17, 15) is 0 Å². The molecule has 1 atom stereocenters. The number of aromatic amines is 1. The van der Waals surface area contributed by atoms with Crippen molar-refractivity contribution in [3.05, 3.63) is 23.2 Å². The molecule has 0 amide bonds. The molecule has 1 N–H and O–H groups in total. The number of fused-ring (bicyclic) bond motifs is 1. The molecule has 0 bridgehead atoms. The number of hydrogen-bond donors (Lipinski definition) is 1. The molecule has 0 radical (unpaired) electrons. The summed E-state index contributed by atoms with van der Waals surface area (Å²) in [6.07, 6.45) is 3.64. The van der Waals surface area contributed by atoms with Crippen molar-refractivity contribution in [1.82, 2.24) is 19.4 Å². The zero-order valence-corrected chi connectivity index (χ0v) is 12.0. The predicted octanol–water partition coefficient (Wildman–Crippen LogP) is 3.00. The van der Waals surface area contributed by atoms with Crippen LogP contribution in [-0.4, -0.2) is 39.1 Å². The number of rotatable bonds is 5. The van der Waals surface area contributed by atoms with Crippen LogP contribution in [0.3, 0.4) is 0 Å². The number of likely N-dealkylation sites (N-methyl/N-ethyl adjacent to an activating group) is 1. The van der Waals surface area contributed by atoms with Gasteiger partial charge in [-0.25, -0.2) is 0 Å². The van der Waals surface area contributed by atoms with E-state index in [-0.39, 0.29) is 0 Å². The van der Waals surface area contributed by atoms with Crippen LogP contribution in [0, 0.1) is 4.77 Å². The normalized spacial score (nSPS) is 13.3. The van der Waals surface area contributed by atoms with Crippen LogP contribution < -0.4 is 0 Å². The maximum absolute atomic E-state index is 5.42. The molecule has 2 aromatic heterocycles. The van der Waals surface area contributed by atoms with Gasteiger partial charge in [-0.05, 0) is 38.3 Å². The lowest BCUT2D eigenvalue weighted by Gasteiger charge is -2.24. The lowest BCUT2D eigenvalue weighted by molar-refractivity contribution is 0.262. The van der Waals surface area contributed by atoms with Crippen molar-refractivity contribution < 1.29 is 0 Å². The Morgan fingerprint density at radius 2 is 2.17 bits per heavy atom. The maximum Gasteiger partial charge on any atom is 0.178 e. The van der Waals surface area contributed by atoms with Gasteiger partial charge in [-0.2, -0.15) is 0 Å². The second-order valence-electron chi connectivity index (χ2n) is 4.53. The third kappa shape index (κ3) is 2.47. The Balaban J connectivity index is 2.35. The predicted molar refractivity (Wildman–Crippen MR) is 77.4 cm³/mol. The van der Waals surface area contributed by atoms with Gasteiger partial charge in [-0.15, -0.1) is 0 Å². The fourth-order valence-corrected chi connectivity index (χ4v) is 2.74. The van der Waals surface area contributed by atoms with E-state index in [0.29, 0.717) is 6.04 Å². The molecule has 0 fully saturated rings. The molecule has 2 rings (SSSR count). The van der Waals surface area contributed by atoms with Crippen LogP contribution in [0.1, 0.15) is 26.8 Å². The third-order valence-electron chi connectivity index (χ3n) is 3.38. The fourth-order valence-electron chi connectivity index (χ4n) is 2.35. The number of aromatic nitrogens is 3. The van der Waals surface area contributed by atoms with Gasteiger partial charge in [0.1, 0.15) is 0 Å². The summed E-state index contributed by atoms with van der Waals surface area (Å²) in [5, 5.41) is 0. The summed E-state index contributed by atoms with van der Waals surface area (Å²) < 4.78 is 2.96. The average molecular weight is 264 g/mol. The first-order valence-electron chi connectivity index (χ1n) is 6.44. The van der Waals surface area contributed by atoms with Crippen molar-refractivity contribution in [1.29, 1.82) is 0 Å². The van der Waals surface area contributed by atoms with Crippen molar-refractivity contribution in [2.45, 2.75) is 26.8 Å². The van der Waals surface area contributed by atoms with Crippen LogP contribution in [0.2, 0.25) is 0 Å². The largest absolute Gasteiger partial charge is 0.329 e. The average Bonchev–Trinajstić information content (AvgIpc) is 2.71. The Kier molecular flexibility index (Phi) is 4.14. The molecule has 5 heteroatoms. The Labute approximate surface area is 113 Å².